The van der Waals surface area contributed by atoms with Gasteiger partial charge in [-0.15, -0.1) is 0 Å². The minimum atomic E-state index is -5.02. The number of phosphoric acid groups is 1. The number of hydrogen-bond acceptors (Lipinski definition) is 7. The van der Waals surface area contributed by atoms with Gasteiger partial charge in [0.15, 0.2) is 0 Å². The number of carboxylic acid groups (broad SMARTS) is 1. The molecular weight excluding hydrogens is 261 g/mol. The molecule has 100 valence electrons. The van der Waals surface area contributed by atoms with Gasteiger partial charge in [-0.05, 0) is 0 Å². The summed E-state index contributed by atoms with van der Waals surface area (Å²) in [6.07, 6.45) is -2.02. The first-order valence-corrected chi connectivity index (χ1v) is 5.70. The average Bonchev–Trinajstić information content (AvgIpc) is 2.20. The average molecular weight is 273 g/mol. The maximum Gasteiger partial charge on any atom is 0.470 e. The molecule has 10 nitrogen and oxygen atoms in total. The van der Waals surface area contributed by atoms with Crippen molar-refractivity contribution in [3.63, 3.8) is 0 Å². The Bertz CT molecular complexity index is 325. The summed E-state index contributed by atoms with van der Waals surface area (Å²) in [5.41, 5.74) is 5.04. The van der Waals surface area contributed by atoms with E-state index in [1.807, 2.05) is 0 Å². The quantitative estimate of drug-likeness (QED) is 0.244. The van der Waals surface area contributed by atoms with Crippen LogP contribution in [-0.2, 0) is 23.4 Å². The van der Waals surface area contributed by atoms with Crippen LogP contribution in [-0.4, -0.2) is 57.3 Å². The molecule has 0 aliphatic rings. The van der Waals surface area contributed by atoms with E-state index in [9.17, 15) is 14.2 Å². The van der Waals surface area contributed by atoms with Crippen LogP contribution in [0.2, 0.25) is 0 Å². The van der Waals surface area contributed by atoms with Crippen LogP contribution in [0, 0.1) is 0 Å². The number of rotatable bonds is 7. The lowest BCUT2D eigenvalue weighted by Gasteiger charge is -2.15. The molecule has 0 saturated heterocycles. The van der Waals surface area contributed by atoms with E-state index < -0.39 is 45.1 Å². The lowest BCUT2D eigenvalue weighted by Crippen LogP contribution is -2.38. The standard InChI is InChI=1S/C6H12NO9P/c7-3(1-8)6(11)15-2-4(5(9)10)16-17(12,13)14/h3-4,8H,1-2,7H2,(H,9,10)(H2,12,13,14)/t3-,4?/m0/s1. The molecule has 0 rings (SSSR count). The van der Waals surface area contributed by atoms with Crippen molar-refractivity contribution in [1.29, 1.82) is 0 Å². The largest absolute Gasteiger partial charge is 0.479 e. The molecule has 0 heterocycles. The molecule has 2 atom stereocenters. The molecule has 0 aromatic carbocycles. The van der Waals surface area contributed by atoms with Crippen LogP contribution < -0.4 is 5.73 Å². The van der Waals surface area contributed by atoms with Crippen molar-refractivity contribution in [2.24, 2.45) is 5.73 Å². The number of carboxylic acids is 1. The Labute approximate surface area is 95.2 Å². The highest BCUT2D eigenvalue weighted by Gasteiger charge is 2.29. The maximum absolute atomic E-state index is 10.9. The first-order chi connectivity index (χ1) is 7.67. The fourth-order valence-corrected chi connectivity index (χ4v) is 1.13. The molecule has 0 spiro atoms. The summed E-state index contributed by atoms with van der Waals surface area (Å²) in [6.45, 7) is -1.65. The van der Waals surface area contributed by atoms with Crippen molar-refractivity contribution in [2.45, 2.75) is 12.1 Å². The van der Waals surface area contributed by atoms with Crippen molar-refractivity contribution in [3.8, 4) is 0 Å². The second kappa shape index (κ2) is 6.64. The molecule has 0 amide bonds. The Kier molecular flexibility index (Phi) is 6.24. The van der Waals surface area contributed by atoms with Gasteiger partial charge in [0.25, 0.3) is 0 Å². The third kappa shape index (κ3) is 7.00. The molecule has 0 radical (unpaired) electrons. The number of aliphatic hydroxyl groups is 1. The lowest BCUT2D eigenvalue weighted by atomic mass is 10.3. The molecule has 17 heavy (non-hydrogen) atoms. The topological polar surface area (TPSA) is 177 Å². The summed E-state index contributed by atoms with van der Waals surface area (Å²) in [7, 11) is -5.02. The summed E-state index contributed by atoms with van der Waals surface area (Å²) >= 11 is 0. The van der Waals surface area contributed by atoms with Gasteiger partial charge in [-0.1, -0.05) is 0 Å². The molecule has 0 aliphatic carbocycles. The van der Waals surface area contributed by atoms with Gasteiger partial charge in [-0.3, -0.25) is 9.32 Å². The van der Waals surface area contributed by atoms with E-state index in [1.54, 1.807) is 0 Å². The number of carbonyl (C=O) groups is 2. The SMILES string of the molecule is N[C@@H](CO)C(=O)OCC(OP(=O)(O)O)C(=O)O. The molecule has 0 aromatic rings. The fraction of sp³-hybridized carbons (Fsp3) is 0.667. The highest BCUT2D eigenvalue weighted by molar-refractivity contribution is 7.46. The third-order valence-electron chi connectivity index (χ3n) is 1.42. The fourth-order valence-electron chi connectivity index (χ4n) is 0.652. The highest BCUT2D eigenvalue weighted by atomic mass is 31.2. The highest BCUT2D eigenvalue weighted by Crippen LogP contribution is 2.37. The van der Waals surface area contributed by atoms with Gasteiger partial charge in [0, 0.05) is 0 Å². The first kappa shape index (κ1) is 16.0. The molecule has 6 N–H and O–H groups in total. The van der Waals surface area contributed by atoms with Gasteiger partial charge >= 0.3 is 19.8 Å². The van der Waals surface area contributed by atoms with Crippen LogP contribution in [0.15, 0.2) is 0 Å². The summed E-state index contributed by atoms with van der Waals surface area (Å²) in [5, 5.41) is 17.0. The zero-order chi connectivity index (χ0) is 13.6. The Morgan fingerprint density at radius 2 is 1.88 bits per heavy atom. The summed E-state index contributed by atoms with van der Waals surface area (Å²) in [4.78, 5) is 38.2. The summed E-state index contributed by atoms with van der Waals surface area (Å²) in [5.74, 6) is -2.84. The predicted octanol–water partition coefficient (Wildman–Crippen LogP) is -2.59. The molecule has 0 fully saturated rings. The number of ether oxygens (including phenoxy) is 1. The van der Waals surface area contributed by atoms with Gasteiger partial charge < -0.3 is 30.5 Å². The maximum atomic E-state index is 10.9. The number of aliphatic carboxylic acids is 1. The molecular formula is C6H12NO9P. The zero-order valence-corrected chi connectivity index (χ0v) is 9.32. The second-order valence-electron chi connectivity index (χ2n) is 2.84. The van der Waals surface area contributed by atoms with Crippen molar-refractivity contribution in [3.05, 3.63) is 0 Å². The Balaban J connectivity index is 4.34. The van der Waals surface area contributed by atoms with Crippen LogP contribution >= 0.6 is 7.82 Å². The Morgan fingerprint density at radius 3 is 2.24 bits per heavy atom. The molecule has 0 bridgehead atoms. The van der Waals surface area contributed by atoms with E-state index in [-0.39, 0.29) is 0 Å². The van der Waals surface area contributed by atoms with E-state index in [0.29, 0.717) is 0 Å². The van der Waals surface area contributed by atoms with Crippen LogP contribution in [0.1, 0.15) is 0 Å². The monoisotopic (exact) mass is 273 g/mol. The van der Waals surface area contributed by atoms with Crippen LogP contribution in [0.5, 0.6) is 0 Å². The minimum absolute atomic E-state index is 0.712. The Hall–Kier alpha value is -1.03. The van der Waals surface area contributed by atoms with Crippen LogP contribution in [0.25, 0.3) is 0 Å². The van der Waals surface area contributed by atoms with Crippen molar-refractivity contribution in [2.75, 3.05) is 13.2 Å². The van der Waals surface area contributed by atoms with E-state index >= 15 is 0 Å². The van der Waals surface area contributed by atoms with Gasteiger partial charge in [0.1, 0.15) is 12.6 Å². The molecule has 11 heteroatoms. The number of nitrogens with two attached hydrogens (primary N) is 1. The summed E-state index contributed by atoms with van der Waals surface area (Å²) in [6, 6.07) is -1.36. The smallest absolute Gasteiger partial charge is 0.470 e. The van der Waals surface area contributed by atoms with E-state index in [1.165, 1.54) is 0 Å². The van der Waals surface area contributed by atoms with Gasteiger partial charge in [0.2, 0.25) is 6.10 Å². The third-order valence-corrected chi connectivity index (χ3v) is 1.95. The van der Waals surface area contributed by atoms with Crippen molar-refractivity contribution >= 4 is 19.8 Å². The van der Waals surface area contributed by atoms with Gasteiger partial charge in [-0.25, -0.2) is 9.36 Å². The van der Waals surface area contributed by atoms with Crippen LogP contribution in [0.4, 0.5) is 0 Å². The van der Waals surface area contributed by atoms with Crippen molar-refractivity contribution < 1.29 is 43.4 Å². The van der Waals surface area contributed by atoms with E-state index in [2.05, 4.69) is 9.26 Å². The van der Waals surface area contributed by atoms with E-state index in [4.69, 9.17) is 25.7 Å². The molecule has 0 aromatic heterocycles. The minimum Gasteiger partial charge on any atom is -0.479 e. The summed E-state index contributed by atoms with van der Waals surface area (Å²) < 4.78 is 18.5. The molecule has 0 aliphatic heterocycles. The van der Waals surface area contributed by atoms with E-state index in [0.717, 1.165) is 0 Å². The Morgan fingerprint density at radius 1 is 1.35 bits per heavy atom. The number of carbonyl (C=O) groups excluding carboxylic acids is 1. The molecule has 1 unspecified atom stereocenters. The predicted molar refractivity (Wildman–Crippen MR) is 50.6 cm³/mol. The van der Waals surface area contributed by atoms with Gasteiger partial charge in [0.05, 0.1) is 6.61 Å². The lowest BCUT2D eigenvalue weighted by molar-refractivity contribution is -0.156. The zero-order valence-electron chi connectivity index (χ0n) is 8.42. The number of phosphoric ester groups is 1. The second-order valence-corrected chi connectivity index (χ2v) is 4.03. The van der Waals surface area contributed by atoms with Crippen LogP contribution in [0.3, 0.4) is 0 Å². The molecule has 0 saturated carbocycles. The first-order valence-electron chi connectivity index (χ1n) is 4.17. The number of esters is 1. The number of aliphatic hydroxyl groups excluding tert-OH is 1. The number of hydrogen-bond donors (Lipinski definition) is 5. The normalized spacial score (nSPS) is 15.1. The van der Waals surface area contributed by atoms with Crippen molar-refractivity contribution in [1.82, 2.24) is 0 Å². The van der Waals surface area contributed by atoms with Gasteiger partial charge in [-0.2, -0.15) is 0 Å².